The fourth-order valence-electron chi connectivity index (χ4n) is 2.55. The molecule has 202 valence electrons. The number of nitrogens with zero attached hydrogens (tertiary/aromatic N) is 2. The number of fused-ring (bicyclic) bond motifs is 1. The highest BCUT2D eigenvalue weighted by atomic mass is 35.5. The van der Waals surface area contributed by atoms with Gasteiger partial charge < -0.3 is 20.7 Å². The van der Waals surface area contributed by atoms with E-state index in [4.69, 9.17) is 41.9 Å². The van der Waals surface area contributed by atoms with E-state index in [1.165, 1.54) is 0 Å². The lowest BCUT2D eigenvalue weighted by Crippen LogP contribution is -2.21. The number of aromatic amines is 1. The molecule has 0 saturated heterocycles. The fraction of sp³-hybridized carbons (Fsp3) is 0.0909. The number of carboxylic acid groups (broad SMARTS) is 2. The van der Waals surface area contributed by atoms with Gasteiger partial charge in [0.05, 0.1) is 16.6 Å². The number of H-pyrrole nitrogens is 1. The number of aliphatic carboxylic acids is 2. The van der Waals surface area contributed by atoms with Gasteiger partial charge in [0.1, 0.15) is 16.7 Å². The molecule has 5 N–H and O–H groups in total. The molecular formula is C22H15ClF6N4O5. The van der Waals surface area contributed by atoms with Crippen LogP contribution in [0.1, 0.15) is 0 Å². The molecule has 4 aromatic rings. The maximum atomic E-state index is 10.6. The van der Waals surface area contributed by atoms with Crippen molar-refractivity contribution < 1.29 is 50.9 Å². The van der Waals surface area contributed by atoms with E-state index in [9.17, 15) is 26.3 Å². The fourth-order valence-corrected chi connectivity index (χ4v) is 2.75. The predicted octanol–water partition coefficient (Wildman–Crippen LogP) is 5.92. The summed E-state index contributed by atoms with van der Waals surface area (Å²) in [7, 11) is 0. The molecule has 9 nitrogen and oxygen atoms in total. The van der Waals surface area contributed by atoms with Crippen LogP contribution in [0.25, 0.3) is 22.2 Å². The summed E-state index contributed by atoms with van der Waals surface area (Å²) in [5.41, 5.74) is 8.28. The Kier molecular flexibility index (Phi) is 9.49. The van der Waals surface area contributed by atoms with Crippen LogP contribution in [0.3, 0.4) is 0 Å². The topological polar surface area (TPSA) is 151 Å². The van der Waals surface area contributed by atoms with E-state index in [1.54, 1.807) is 6.07 Å². The van der Waals surface area contributed by atoms with Crippen LogP contribution in [0.15, 0.2) is 60.7 Å². The lowest BCUT2D eigenvalue weighted by molar-refractivity contribution is -0.193. The smallest absolute Gasteiger partial charge is 0.475 e. The van der Waals surface area contributed by atoms with Gasteiger partial charge in [0.2, 0.25) is 0 Å². The number of halogens is 7. The minimum absolute atomic E-state index is 0.380. The number of nitrogens with two attached hydrogens (primary N) is 1. The highest BCUT2D eigenvalue weighted by Crippen LogP contribution is 2.33. The number of hydrogen-bond donors (Lipinski definition) is 4. The van der Waals surface area contributed by atoms with E-state index in [0.717, 1.165) is 28.0 Å². The summed E-state index contributed by atoms with van der Waals surface area (Å²) in [5, 5.41) is 22.3. The Bertz CT molecular complexity index is 1370. The monoisotopic (exact) mass is 564 g/mol. The van der Waals surface area contributed by atoms with Crippen molar-refractivity contribution in [2.45, 2.75) is 12.4 Å². The molecule has 0 bridgehead atoms. The van der Waals surface area contributed by atoms with Crippen molar-refractivity contribution in [2.75, 3.05) is 5.73 Å². The molecule has 38 heavy (non-hydrogen) atoms. The first-order valence-corrected chi connectivity index (χ1v) is 10.2. The largest absolute Gasteiger partial charge is 0.490 e. The van der Waals surface area contributed by atoms with Crippen LogP contribution < -0.4 is 10.5 Å². The first-order chi connectivity index (χ1) is 17.6. The molecule has 0 aliphatic rings. The summed E-state index contributed by atoms with van der Waals surface area (Å²) in [6.07, 6.45) is -10.2. The summed E-state index contributed by atoms with van der Waals surface area (Å²) in [6, 6.07) is 18.9. The number of benzene rings is 2. The molecule has 0 fully saturated rings. The van der Waals surface area contributed by atoms with Crippen molar-refractivity contribution in [1.29, 1.82) is 0 Å². The molecule has 2 aromatic heterocycles. The van der Waals surface area contributed by atoms with Crippen LogP contribution in [0, 0.1) is 0 Å². The van der Waals surface area contributed by atoms with Crippen molar-refractivity contribution in [2.24, 2.45) is 0 Å². The number of hydrogen-bond acceptors (Lipinski definition) is 6. The molecule has 0 radical (unpaired) electrons. The van der Waals surface area contributed by atoms with Crippen LogP contribution in [-0.2, 0) is 9.59 Å². The maximum absolute atomic E-state index is 10.6. The average molecular weight is 565 g/mol. The van der Waals surface area contributed by atoms with Crippen LogP contribution in [0.2, 0.25) is 5.15 Å². The molecular weight excluding hydrogens is 550 g/mol. The van der Waals surface area contributed by atoms with Crippen LogP contribution >= 0.6 is 11.6 Å². The Morgan fingerprint density at radius 3 is 1.82 bits per heavy atom. The molecule has 2 heterocycles. The van der Waals surface area contributed by atoms with Gasteiger partial charge in [0.25, 0.3) is 0 Å². The van der Waals surface area contributed by atoms with Crippen molar-refractivity contribution in [3.8, 4) is 22.8 Å². The lowest BCUT2D eigenvalue weighted by Gasteiger charge is -2.08. The second-order valence-electron chi connectivity index (χ2n) is 6.87. The molecule has 0 atom stereocenters. The standard InChI is InChI=1S/C18H13ClN4O.2C2HF3O2/c19-15-10-14-16(18(20)23-22-14)17(21-15)11-6-8-13(9-7-11)24-12-4-2-1-3-5-12;2*3-2(4,5)1(6)7/h1-10H,(H3,20,22,23);2*(H,6,7). The Morgan fingerprint density at radius 2 is 1.34 bits per heavy atom. The van der Waals surface area contributed by atoms with E-state index < -0.39 is 24.3 Å². The maximum Gasteiger partial charge on any atom is 0.490 e. The van der Waals surface area contributed by atoms with Gasteiger partial charge in [-0.1, -0.05) is 29.8 Å². The molecule has 0 unspecified atom stereocenters. The summed E-state index contributed by atoms with van der Waals surface area (Å²) < 4.78 is 69.3. The molecule has 4 rings (SSSR count). The number of aromatic nitrogens is 3. The highest BCUT2D eigenvalue weighted by molar-refractivity contribution is 6.30. The van der Waals surface area contributed by atoms with E-state index in [-0.39, 0.29) is 0 Å². The molecule has 0 aliphatic carbocycles. The predicted molar refractivity (Wildman–Crippen MR) is 123 cm³/mol. The summed E-state index contributed by atoms with van der Waals surface area (Å²) in [5.74, 6) is -3.59. The zero-order valence-electron chi connectivity index (χ0n) is 18.5. The van der Waals surface area contributed by atoms with Gasteiger partial charge in [-0.2, -0.15) is 31.4 Å². The second kappa shape index (κ2) is 12.1. The third-order valence-electron chi connectivity index (χ3n) is 4.13. The van der Waals surface area contributed by atoms with Crippen molar-refractivity contribution in [3.63, 3.8) is 0 Å². The highest BCUT2D eigenvalue weighted by Gasteiger charge is 2.38. The molecule has 0 saturated carbocycles. The SMILES string of the molecule is Nc1n[nH]c2cc(Cl)nc(-c3ccc(Oc4ccccc4)cc3)c12.O=C(O)C(F)(F)F.O=C(O)C(F)(F)F. The Hall–Kier alpha value is -4.53. The normalized spacial score (nSPS) is 11.0. The van der Waals surface area contributed by atoms with Crippen molar-refractivity contribution >= 4 is 40.3 Å². The number of nitrogen functional groups attached to an aromatic ring is 1. The summed E-state index contributed by atoms with van der Waals surface area (Å²) in [4.78, 5) is 22.2. The van der Waals surface area contributed by atoms with Crippen LogP contribution in [0.5, 0.6) is 11.5 Å². The molecule has 0 aliphatic heterocycles. The number of nitrogens with one attached hydrogen (secondary N) is 1. The zero-order chi connectivity index (χ0) is 28.7. The first-order valence-electron chi connectivity index (χ1n) is 9.83. The molecule has 2 aromatic carbocycles. The summed E-state index contributed by atoms with van der Waals surface area (Å²) in [6.45, 7) is 0. The van der Waals surface area contributed by atoms with Gasteiger partial charge in [-0.25, -0.2) is 14.6 Å². The number of para-hydroxylation sites is 1. The van der Waals surface area contributed by atoms with Gasteiger partial charge in [0, 0.05) is 11.6 Å². The summed E-state index contributed by atoms with van der Waals surface area (Å²) >= 11 is 6.10. The number of ether oxygens (including phenoxy) is 1. The number of pyridine rings is 1. The lowest BCUT2D eigenvalue weighted by atomic mass is 10.1. The van der Waals surface area contributed by atoms with E-state index in [1.807, 2.05) is 54.6 Å². The third kappa shape index (κ3) is 8.55. The number of anilines is 1. The van der Waals surface area contributed by atoms with Gasteiger partial charge >= 0.3 is 24.3 Å². The van der Waals surface area contributed by atoms with Crippen molar-refractivity contribution in [1.82, 2.24) is 15.2 Å². The number of rotatable bonds is 3. The van der Waals surface area contributed by atoms with E-state index in [0.29, 0.717) is 16.7 Å². The van der Waals surface area contributed by atoms with Gasteiger partial charge in [-0.3, -0.25) is 5.10 Å². The Labute approximate surface area is 213 Å². The second-order valence-corrected chi connectivity index (χ2v) is 7.26. The quantitative estimate of drug-likeness (QED) is 0.177. The third-order valence-corrected chi connectivity index (χ3v) is 4.33. The Balaban J connectivity index is 0.000000301. The zero-order valence-corrected chi connectivity index (χ0v) is 19.3. The van der Waals surface area contributed by atoms with Crippen molar-refractivity contribution in [3.05, 3.63) is 65.8 Å². The van der Waals surface area contributed by atoms with Crippen LogP contribution in [-0.4, -0.2) is 49.7 Å². The van der Waals surface area contributed by atoms with Gasteiger partial charge in [-0.15, -0.1) is 0 Å². The van der Waals surface area contributed by atoms with Gasteiger partial charge in [0.15, 0.2) is 5.82 Å². The minimum Gasteiger partial charge on any atom is -0.475 e. The molecule has 16 heteroatoms. The van der Waals surface area contributed by atoms with Crippen LogP contribution in [0.4, 0.5) is 32.2 Å². The minimum atomic E-state index is -5.08. The number of carboxylic acids is 2. The number of carbonyl (C=O) groups is 2. The Morgan fingerprint density at radius 1 is 0.868 bits per heavy atom. The van der Waals surface area contributed by atoms with E-state index >= 15 is 0 Å². The average Bonchev–Trinajstić information content (AvgIpc) is 3.19. The van der Waals surface area contributed by atoms with Gasteiger partial charge in [-0.05, 0) is 36.4 Å². The van der Waals surface area contributed by atoms with E-state index in [2.05, 4.69) is 15.2 Å². The molecule has 0 spiro atoms. The molecule has 0 amide bonds. The first kappa shape index (κ1) is 29.7. The number of alkyl halides is 6.